The van der Waals surface area contributed by atoms with E-state index in [1.54, 1.807) is 11.0 Å². The summed E-state index contributed by atoms with van der Waals surface area (Å²) in [6.07, 6.45) is 0.511. The molecule has 0 saturated carbocycles. The third-order valence-electron chi connectivity index (χ3n) is 3.20. The fourth-order valence-electron chi connectivity index (χ4n) is 2.11. The van der Waals surface area contributed by atoms with E-state index >= 15 is 0 Å². The molecule has 1 heterocycles. The highest BCUT2D eigenvalue weighted by Gasteiger charge is 2.24. The van der Waals surface area contributed by atoms with Gasteiger partial charge in [0.05, 0.1) is 17.1 Å². The SMILES string of the molecule is Cc1ccc(C(=O)N2CCCS(=O)(=O)CC2)c(Br)c1. The molecular weight excluding hydrogens is 330 g/mol. The predicted octanol–water partition coefficient (Wildman–Crippen LogP) is 2.02. The first kappa shape index (κ1) is 14.5. The lowest BCUT2D eigenvalue weighted by atomic mass is 10.1. The lowest BCUT2D eigenvalue weighted by Gasteiger charge is -2.20. The lowest BCUT2D eigenvalue weighted by molar-refractivity contribution is 0.0767. The van der Waals surface area contributed by atoms with E-state index in [0.29, 0.717) is 18.5 Å². The van der Waals surface area contributed by atoms with Gasteiger partial charge in [0.25, 0.3) is 5.91 Å². The van der Waals surface area contributed by atoms with Crippen LogP contribution in [0.5, 0.6) is 0 Å². The molecule has 1 aliphatic heterocycles. The second-order valence-electron chi connectivity index (χ2n) is 4.78. The third-order valence-corrected chi connectivity index (χ3v) is 5.57. The molecule has 1 saturated heterocycles. The van der Waals surface area contributed by atoms with Crippen LogP contribution in [-0.4, -0.2) is 43.8 Å². The average molecular weight is 346 g/mol. The monoisotopic (exact) mass is 345 g/mol. The third kappa shape index (κ3) is 3.57. The molecule has 104 valence electrons. The number of aryl methyl sites for hydroxylation is 1. The Balaban J connectivity index is 2.20. The fraction of sp³-hybridized carbons (Fsp3) is 0.462. The molecule has 2 rings (SSSR count). The molecule has 0 bridgehead atoms. The van der Waals surface area contributed by atoms with Crippen LogP contribution in [0.15, 0.2) is 22.7 Å². The molecule has 1 aromatic carbocycles. The number of sulfone groups is 1. The first-order chi connectivity index (χ1) is 8.89. The molecule has 4 nitrogen and oxygen atoms in total. The van der Waals surface area contributed by atoms with Gasteiger partial charge >= 0.3 is 0 Å². The van der Waals surface area contributed by atoms with Crippen LogP contribution in [0.1, 0.15) is 22.3 Å². The zero-order chi connectivity index (χ0) is 14.0. The largest absolute Gasteiger partial charge is 0.338 e. The Morgan fingerprint density at radius 1 is 1.26 bits per heavy atom. The fourth-order valence-corrected chi connectivity index (χ4v) is 4.04. The van der Waals surface area contributed by atoms with E-state index in [0.717, 1.165) is 10.0 Å². The average Bonchev–Trinajstić information content (AvgIpc) is 2.49. The Hall–Kier alpha value is -0.880. The molecule has 0 radical (unpaired) electrons. The van der Waals surface area contributed by atoms with Crippen molar-refractivity contribution >= 4 is 31.7 Å². The van der Waals surface area contributed by atoms with Gasteiger partial charge in [-0.05, 0) is 47.0 Å². The first-order valence-electron chi connectivity index (χ1n) is 6.15. The van der Waals surface area contributed by atoms with Crippen molar-refractivity contribution in [3.05, 3.63) is 33.8 Å². The number of benzene rings is 1. The number of halogens is 1. The van der Waals surface area contributed by atoms with Crippen LogP contribution >= 0.6 is 15.9 Å². The molecule has 6 heteroatoms. The zero-order valence-electron chi connectivity index (χ0n) is 10.7. The molecule has 1 aromatic rings. The van der Waals surface area contributed by atoms with Crippen molar-refractivity contribution in [2.45, 2.75) is 13.3 Å². The van der Waals surface area contributed by atoms with Crippen molar-refractivity contribution in [3.63, 3.8) is 0 Å². The van der Waals surface area contributed by atoms with Crippen molar-refractivity contribution in [2.75, 3.05) is 24.6 Å². The van der Waals surface area contributed by atoms with E-state index in [4.69, 9.17) is 0 Å². The summed E-state index contributed by atoms with van der Waals surface area (Å²) in [5.74, 6) is 0.123. The molecule has 0 aliphatic carbocycles. The Kier molecular flexibility index (Phi) is 4.30. The number of nitrogens with zero attached hydrogens (tertiary/aromatic N) is 1. The second kappa shape index (κ2) is 5.63. The van der Waals surface area contributed by atoms with Gasteiger partial charge in [0, 0.05) is 17.6 Å². The summed E-state index contributed by atoms with van der Waals surface area (Å²) < 4.78 is 23.8. The van der Waals surface area contributed by atoms with Crippen LogP contribution in [0.4, 0.5) is 0 Å². The molecule has 0 aromatic heterocycles. The summed E-state index contributed by atoms with van der Waals surface area (Å²) in [5, 5.41) is 0. The summed E-state index contributed by atoms with van der Waals surface area (Å²) in [4.78, 5) is 14.0. The summed E-state index contributed by atoms with van der Waals surface area (Å²) >= 11 is 3.39. The van der Waals surface area contributed by atoms with E-state index in [9.17, 15) is 13.2 Å². The summed E-state index contributed by atoms with van der Waals surface area (Å²) in [7, 11) is -2.99. The predicted molar refractivity (Wildman–Crippen MR) is 78.1 cm³/mol. The van der Waals surface area contributed by atoms with E-state index in [-0.39, 0.29) is 24.0 Å². The van der Waals surface area contributed by atoms with Crippen LogP contribution in [0.25, 0.3) is 0 Å². The molecule has 19 heavy (non-hydrogen) atoms. The van der Waals surface area contributed by atoms with Crippen LogP contribution < -0.4 is 0 Å². The van der Waals surface area contributed by atoms with Crippen molar-refractivity contribution in [1.29, 1.82) is 0 Å². The quantitative estimate of drug-likeness (QED) is 0.782. The topological polar surface area (TPSA) is 54.5 Å². The van der Waals surface area contributed by atoms with Gasteiger partial charge in [-0.15, -0.1) is 0 Å². The van der Waals surface area contributed by atoms with E-state index in [1.807, 2.05) is 19.1 Å². The molecule has 0 spiro atoms. The second-order valence-corrected chi connectivity index (χ2v) is 7.94. The number of hydrogen-bond acceptors (Lipinski definition) is 3. The van der Waals surface area contributed by atoms with Crippen molar-refractivity contribution < 1.29 is 13.2 Å². The molecule has 0 atom stereocenters. The minimum absolute atomic E-state index is 0.0578. The minimum atomic E-state index is -2.99. The smallest absolute Gasteiger partial charge is 0.255 e. The highest BCUT2D eigenvalue weighted by atomic mass is 79.9. The maximum atomic E-state index is 12.4. The Bertz CT molecular complexity index is 598. The van der Waals surface area contributed by atoms with Crippen LogP contribution in [0, 0.1) is 6.92 Å². The Morgan fingerprint density at radius 3 is 2.68 bits per heavy atom. The molecule has 1 aliphatic rings. The van der Waals surface area contributed by atoms with Gasteiger partial charge in [-0.3, -0.25) is 4.79 Å². The van der Waals surface area contributed by atoms with Gasteiger partial charge in [0.2, 0.25) is 0 Å². The summed E-state index contributed by atoms with van der Waals surface area (Å²) in [5.41, 5.74) is 1.66. The minimum Gasteiger partial charge on any atom is -0.338 e. The van der Waals surface area contributed by atoms with E-state index in [1.165, 1.54) is 0 Å². The van der Waals surface area contributed by atoms with Crippen molar-refractivity contribution in [1.82, 2.24) is 4.90 Å². The molecule has 1 amide bonds. The summed E-state index contributed by atoms with van der Waals surface area (Å²) in [6, 6.07) is 5.55. The van der Waals surface area contributed by atoms with Crippen LogP contribution in [0.3, 0.4) is 0 Å². The number of amides is 1. The Morgan fingerprint density at radius 2 is 2.00 bits per heavy atom. The maximum absolute atomic E-state index is 12.4. The number of hydrogen-bond donors (Lipinski definition) is 0. The van der Waals surface area contributed by atoms with E-state index in [2.05, 4.69) is 15.9 Å². The van der Waals surface area contributed by atoms with Crippen LogP contribution in [-0.2, 0) is 9.84 Å². The highest BCUT2D eigenvalue weighted by Crippen LogP contribution is 2.21. The molecule has 0 N–H and O–H groups in total. The summed E-state index contributed by atoms with van der Waals surface area (Å²) in [6.45, 7) is 2.73. The molecular formula is C13H16BrNO3S. The normalized spacial score (nSPS) is 18.9. The number of carbonyl (C=O) groups is 1. The maximum Gasteiger partial charge on any atom is 0.255 e. The Labute approximate surface area is 121 Å². The van der Waals surface area contributed by atoms with Gasteiger partial charge in [0.1, 0.15) is 0 Å². The van der Waals surface area contributed by atoms with Gasteiger partial charge in [0.15, 0.2) is 9.84 Å². The lowest BCUT2D eigenvalue weighted by Crippen LogP contribution is -2.33. The van der Waals surface area contributed by atoms with Crippen molar-refractivity contribution in [2.24, 2.45) is 0 Å². The van der Waals surface area contributed by atoms with Crippen molar-refractivity contribution in [3.8, 4) is 0 Å². The van der Waals surface area contributed by atoms with Gasteiger partial charge < -0.3 is 4.90 Å². The zero-order valence-corrected chi connectivity index (χ0v) is 13.1. The highest BCUT2D eigenvalue weighted by molar-refractivity contribution is 9.10. The first-order valence-corrected chi connectivity index (χ1v) is 8.76. The number of rotatable bonds is 1. The number of carbonyl (C=O) groups excluding carboxylic acids is 1. The van der Waals surface area contributed by atoms with Gasteiger partial charge in [-0.2, -0.15) is 0 Å². The van der Waals surface area contributed by atoms with Crippen LogP contribution in [0.2, 0.25) is 0 Å². The standard InChI is InChI=1S/C13H16BrNO3S/c1-10-3-4-11(12(14)9-10)13(16)15-5-2-7-19(17,18)8-6-15/h3-4,9H,2,5-8H2,1H3. The van der Waals surface area contributed by atoms with Gasteiger partial charge in [-0.25, -0.2) is 8.42 Å². The van der Waals surface area contributed by atoms with E-state index < -0.39 is 9.84 Å². The molecule has 1 fully saturated rings. The van der Waals surface area contributed by atoms with Gasteiger partial charge in [-0.1, -0.05) is 6.07 Å². The molecule has 0 unspecified atom stereocenters.